The van der Waals surface area contributed by atoms with Gasteiger partial charge in [0.05, 0.1) is 41.0 Å². The van der Waals surface area contributed by atoms with Gasteiger partial charge in [0.1, 0.15) is 28.8 Å². The molecular weight excluding hydrogens is 631 g/mol. The fourth-order valence-electron chi connectivity index (χ4n) is 5.38. The quantitative estimate of drug-likeness (QED) is 0.175. The molecule has 1 aliphatic heterocycles. The molecule has 1 aromatic carbocycles. The number of piperidine rings is 1. The number of benzene rings is 1. The van der Waals surface area contributed by atoms with Crippen molar-refractivity contribution in [1.29, 1.82) is 0 Å². The number of hydrogen-bond donors (Lipinski definition) is 8. The number of nitrogens with two attached hydrogens (primary N) is 1. The minimum atomic E-state index is -2.27. The molecule has 17 heteroatoms. The van der Waals surface area contributed by atoms with Gasteiger partial charge < -0.3 is 46.6 Å². The summed E-state index contributed by atoms with van der Waals surface area (Å²) in [5, 5.41) is 56.0. The van der Waals surface area contributed by atoms with E-state index in [1.165, 1.54) is 6.20 Å². The molecule has 252 valence electrons. The van der Waals surface area contributed by atoms with Gasteiger partial charge in [-0.3, -0.25) is 9.78 Å². The molecule has 9 N–H and O–H groups in total. The number of nitrogens with one attached hydrogen (secondary N) is 1. The smallest absolute Gasteiger partial charge is 0.335 e. The predicted octanol–water partition coefficient (Wildman–Crippen LogP) is 0.814. The van der Waals surface area contributed by atoms with Gasteiger partial charge >= 0.3 is 11.9 Å². The number of nitrogens with zero attached hydrogens (tertiary/aromatic N) is 3. The van der Waals surface area contributed by atoms with Crippen LogP contribution in [0, 0.1) is 23.4 Å². The molecular formula is C30H32F3N5O9. The molecule has 1 fully saturated rings. The number of aromatic nitrogens is 2. The SMILES string of the molecule is C[C@H]1CN(c2c(NC(=O)c3ccc(F)c(-c4c(F)cccc4F)n3)cnc3c2CC[C@H]3O)C[C@@H](N)[C@@H]1O.O=C(O)[C@H](O)[C@@H](O)C(=O)O. The van der Waals surface area contributed by atoms with E-state index in [0.717, 1.165) is 35.9 Å². The van der Waals surface area contributed by atoms with Crippen molar-refractivity contribution in [3.05, 3.63) is 70.9 Å². The van der Waals surface area contributed by atoms with Gasteiger partial charge in [-0.25, -0.2) is 27.7 Å². The number of aliphatic hydroxyl groups excluding tert-OH is 4. The number of aliphatic carboxylic acids is 2. The zero-order chi connectivity index (χ0) is 34.7. The van der Waals surface area contributed by atoms with Gasteiger partial charge in [0.2, 0.25) is 0 Å². The first kappa shape index (κ1) is 35.2. The summed E-state index contributed by atoms with van der Waals surface area (Å²) in [6, 6.07) is 4.61. The van der Waals surface area contributed by atoms with E-state index in [9.17, 15) is 37.8 Å². The minimum absolute atomic E-state index is 0.153. The number of hydrogen-bond acceptors (Lipinski definition) is 11. The lowest BCUT2D eigenvalue weighted by atomic mass is 9.92. The van der Waals surface area contributed by atoms with Gasteiger partial charge in [0, 0.05) is 30.6 Å². The maximum absolute atomic E-state index is 14.5. The Morgan fingerprint density at radius 1 is 0.979 bits per heavy atom. The summed E-state index contributed by atoms with van der Waals surface area (Å²) in [6.07, 6.45) is -3.54. The minimum Gasteiger partial charge on any atom is -0.479 e. The van der Waals surface area contributed by atoms with Crippen molar-refractivity contribution < 1.29 is 58.2 Å². The first-order chi connectivity index (χ1) is 22.1. The molecule has 1 amide bonds. The van der Waals surface area contributed by atoms with Gasteiger partial charge in [-0.05, 0) is 37.1 Å². The topological polar surface area (TPSA) is 240 Å². The molecule has 0 saturated carbocycles. The van der Waals surface area contributed by atoms with Crippen molar-refractivity contribution in [3.63, 3.8) is 0 Å². The molecule has 0 radical (unpaired) electrons. The Balaban J connectivity index is 0.000000434. The first-order valence-corrected chi connectivity index (χ1v) is 14.2. The molecule has 0 unspecified atom stereocenters. The Labute approximate surface area is 264 Å². The molecule has 0 spiro atoms. The number of carbonyl (C=O) groups excluding carboxylic acids is 1. The van der Waals surface area contributed by atoms with Crippen molar-refractivity contribution in [2.75, 3.05) is 23.3 Å². The Kier molecular flexibility index (Phi) is 10.8. The number of carbonyl (C=O) groups is 3. The standard InChI is InChI=1S/C26H26F3N5O3.C4H6O6/c1-12-10-34(11-17(30)25(12)36)24-13-5-8-20(35)22(13)31-9-19(24)33-26(37)18-7-6-16(29)23(32-18)21-14(27)3-2-4-15(21)28;5-1(3(7)8)2(6)4(9)10/h2-4,6-7,9,12,17,20,25,35-36H,5,8,10-11,30H2,1H3,(H,33,37);1-2,5-6H,(H,7,8)(H,9,10)/t12-,17+,20+,25+;1-,2-/m01/s1. The number of amides is 1. The first-order valence-electron chi connectivity index (χ1n) is 14.2. The lowest BCUT2D eigenvalue weighted by molar-refractivity contribution is -0.165. The Hall–Kier alpha value is -4.68. The molecule has 6 atom stereocenters. The van der Waals surface area contributed by atoms with E-state index >= 15 is 0 Å². The third kappa shape index (κ3) is 7.50. The van der Waals surface area contributed by atoms with E-state index in [-0.39, 0.29) is 11.6 Å². The number of anilines is 2. The molecule has 1 saturated heterocycles. The fourth-order valence-corrected chi connectivity index (χ4v) is 5.38. The van der Waals surface area contributed by atoms with Crippen LogP contribution in [0.3, 0.4) is 0 Å². The summed E-state index contributed by atoms with van der Waals surface area (Å²) in [7, 11) is 0. The highest BCUT2D eigenvalue weighted by molar-refractivity contribution is 6.05. The second-order valence-electron chi connectivity index (χ2n) is 11.1. The Morgan fingerprint density at radius 2 is 1.60 bits per heavy atom. The van der Waals surface area contributed by atoms with Crippen molar-refractivity contribution in [3.8, 4) is 11.3 Å². The van der Waals surface area contributed by atoms with Crippen LogP contribution in [-0.4, -0.2) is 95.9 Å². The van der Waals surface area contributed by atoms with Crippen LogP contribution in [0.25, 0.3) is 11.3 Å². The van der Waals surface area contributed by atoms with E-state index in [0.29, 0.717) is 43.0 Å². The normalized spacial score (nSPS) is 21.6. The summed E-state index contributed by atoms with van der Waals surface area (Å²) >= 11 is 0. The van der Waals surface area contributed by atoms with Crippen molar-refractivity contribution in [2.24, 2.45) is 11.7 Å². The number of pyridine rings is 2. The number of carboxylic acids is 2. The van der Waals surface area contributed by atoms with Crippen LogP contribution in [0.5, 0.6) is 0 Å². The number of aliphatic hydroxyl groups is 4. The highest BCUT2D eigenvalue weighted by Crippen LogP contribution is 2.41. The predicted molar refractivity (Wildman–Crippen MR) is 158 cm³/mol. The van der Waals surface area contributed by atoms with Gasteiger partial charge in [-0.1, -0.05) is 13.0 Å². The average Bonchev–Trinajstić information content (AvgIpc) is 3.39. The van der Waals surface area contributed by atoms with Crippen LogP contribution >= 0.6 is 0 Å². The Bertz CT molecular complexity index is 1630. The van der Waals surface area contributed by atoms with Crippen molar-refractivity contribution in [1.82, 2.24) is 9.97 Å². The lowest BCUT2D eigenvalue weighted by Crippen LogP contribution is -2.56. The van der Waals surface area contributed by atoms with E-state index in [2.05, 4.69) is 15.3 Å². The molecule has 14 nitrogen and oxygen atoms in total. The maximum Gasteiger partial charge on any atom is 0.335 e. The largest absolute Gasteiger partial charge is 0.479 e. The van der Waals surface area contributed by atoms with E-state index in [4.69, 9.17) is 26.2 Å². The van der Waals surface area contributed by atoms with Gasteiger partial charge in [-0.2, -0.15) is 0 Å². The Morgan fingerprint density at radius 3 is 2.17 bits per heavy atom. The molecule has 0 bridgehead atoms. The second-order valence-corrected chi connectivity index (χ2v) is 11.1. The second kappa shape index (κ2) is 14.4. The van der Waals surface area contributed by atoms with E-state index in [1.54, 1.807) is 0 Å². The molecule has 5 rings (SSSR count). The summed E-state index contributed by atoms with van der Waals surface area (Å²) in [5.74, 6) is -7.43. The van der Waals surface area contributed by atoms with Crippen LogP contribution < -0.4 is 16.0 Å². The fraction of sp³-hybridized carbons (Fsp3) is 0.367. The van der Waals surface area contributed by atoms with Crippen LogP contribution in [0.15, 0.2) is 36.5 Å². The van der Waals surface area contributed by atoms with Crippen molar-refractivity contribution in [2.45, 2.75) is 50.2 Å². The monoisotopic (exact) mass is 663 g/mol. The molecule has 47 heavy (non-hydrogen) atoms. The molecule has 3 heterocycles. The third-order valence-corrected chi connectivity index (χ3v) is 7.78. The summed E-state index contributed by atoms with van der Waals surface area (Å²) in [5.41, 5.74) is 6.85. The van der Waals surface area contributed by atoms with Gasteiger partial charge in [0.15, 0.2) is 12.2 Å². The molecule has 1 aliphatic carbocycles. The van der Waals surface area contributed by atoms with Crippen LogP contribution in [-0.2, 0) is 16.0 Å². The van der Waals surface area contributed by atoms with Gasteiger partial charge in [0.25, 0.3) is 5.91 Å². The van der Waals surface area contributed by atoms with Crippen LogP contribution in [0.1, 0.15) is 41.2 Å². The number of fused-ring (bicyclic) bond motifs is 1. The molecule has 2 aliphatic rings. The highest BCUT2D eigenvalue weighted by atomic mass is 19.1. The zero-order valence-corrected chi connectivity index (χ0v) is 24.7. The lowest BCUT2D eigenvalue weighted by Gasteiger charge is -2.41. The van der Waals surface area contributed by atoms with Crippen LogP contribution in [0.4, 0.5) is 24.5 Å². The van der Waals surface area contributed by atoms with Crippen LogP contribution in [0.2, 0.25) is 0 Å². The average molecular weight is 664 g/mol. The number of halogens is 3. The van der Waals surface area contributed by atoms with Gasteiger partial charge in [-0.15, -0.1) is 0 Å². The zero-order valence-electron chi connectivity index (χ0n) is 24.7. The van der Waals surface area contributed by atoms with E-state index < -0.39 is 77.0 Å². The number of rotatable bonds is 7. The maximum atomic E-state index is 14.5. The highest BCUT2D eigenvalue weighted by Gasteiger charge is 2.36. The summed E-state index contributed by atoms with van der Waals surface area (Å²) < 4.78 is 43.1. The van der Waals surface area contributed by atoms with E-state index in [1.807, 2.05) is 11.8 Å². The number of carboxylic acid groups (broad SMARTS) is 2. The molecule has 3 aromatic rings. The molecule has 2 aromatic heterocycles. The third-order valence-electron chi connectivity index (χ3n) is 7.78. The summed E-state index contributed by atoms with van der Waals surface area (Å²) in [6.45, 7) is 2.64. The summed E-state index contributed by atoms with van der Waals surface area (Å²) in [4.78, 5) is 43.0. The van der Waals surface area contributed by atoms with Crippen molar-refractivity contribution >= 4 is 29.2 Å².